The van der Waals surface area contributed by atoms with Crippen molar-refractivity contribution in [1.82, 2.24) is 14.7 Å². The third kappa shape index (κ3) is 4.05. The van der Waals surface area contributed by atoms with Crippen LogP contribution in [0.3, 0.4) is 0 Å². The van der Waals surface area contributed by atoms with Crippen LogP contribution in [0.1, 0.15) is 25.3 Å². The molecule has 0 radical (unpaired) electrons. The summed E-state index contributed by atoms with van der Waals surface area (Å²) >= 11 is 0. The number of nitrogens with one attached hydrogen (secondary N) is 1. The van der Waals surface area contributed by atoms with E-state index in [1.54, 1.807) is 12.1 Å². The Balaban J connectivity index is 2.10. The van der Waals surface area contributed by atoms with Gasteiger partial charge in [0.25, 0.3) is 10.0 Å². The Kier molecular flexibility index (Phi) is 5.94. The van der Waals surface area contributed by atoms with Gasteiger partial charge in [0.2, 0.25) is 0 Å². The van der Waals surface area contributed by atoms with Crippen LogP contribution in [0.25, 0.3) is 0 Å². The molecule has 1 aromatic rings. The number of nitrogens with two attached hydrogens (primary N) is 1. The standard InChI is InChI=1S/C15H26N4O2S/c1-13-7-3-4-8-15(13)22(20,21)17-19-12-6-11-18(14(19)2)10-5-9-16/h3-4,7-8,14,17H,5-6,9-12,16H2,1-2H3. The number of sulfonamides is 1. The van der Waals surface area contributed by atoms with Crippen LogP contribution in [0, 0.1) is 6.92 Å². The first-order valence-corrected chi connectivity index (χ1v) is 9.23. The molecule has 1 saturated heterocycles. The highest BCUT2D eigenvalue weighted by molar-refractivity contribution is 7.89. The van der Waals surface area contributed by atoms with Gasteiger partial charge in [-0.2, -0.15) is 0 Å². The Bertz CT molecular complexity index is 591. The van der Waals surface area contributed by atoms with Crippen molar-refractivity contribution in [2.24, 2.45) is 5.73 Å². The summed E-state index contributed by atoms with van der Waals surface area (Å²) in [5, 5.41) is 1.81. The number of hydrogen-bond acceptors (Lipinski definition) is 5. The molecule has 0 amide bonds. The molecular weight excluding hydrogens is 300 g/mol. The lowest BCUT2D eigenvalue weighted by Crippen LogP contribution is -2.58. The van der Waals surface area contributed by atoms with Gasteiger partial charge in [-0.1, -0.05) is 18.2 Å². The average Bonchev–Trinajstić information content (AvgIpc) is 2.48. The van der Waals surface area contributed by atoms with Gasteiger partial charge in [-0.25, -0.2) is 13.4 Å². The fraction of sp³-hybridized carbons (Fsp3) is 0.600. The van der Waals surface area contributed by atoms with Crippen molar-refractivity contribution in [1.29, 1.82) is 0 Å². The number of nitrogens with zero attached hydrogens (tertiary/aromatic N) is 2. The molecule has 1 heterocycles. The molecule has 1 unspecified atom stereocenters. The molecule has 22 heavy (non-hydrogen) atoms. The average molecular weight is 326 g/mol. The Morgan fingerprint density at radius 1 is 1.32 bits per heavy atom. The zero-order valence-corrected chi connectivity index (χ0v) is 14.1. The topological polar surface area (TPSA) is 78.7 Å². The second-order valence-electron chi connectivity index (χ2n) is 5.72. The van der Waals surface area contributed by atoms with Gasteiger partial charge in [0.05, 0.1) is 11.1 Å². The van der Waals surface area contributed by atoms with Gasteiger partial charge >= 0.3 is 0 Å². The highest BCUT2D eigenvalue weighted by Gasteiger charge is 2.29. The summed E-state index contributed by atoms with van der Waals surface area (Å²) in [6.07, 6.45) is 1.88. The fourth-order valence-corrected chi connectivity index (χ4v) is 4.19. The maximum atomic E-state index is 12.6. The molecule has 3 N–H and O–H groups in total. The fourth-order valence-electron chi connectivity index (χ4n) is 2.79. The van der Waals surface area contributed by atoms with E-state index < -0.39 is 10.0 Å². The first kappa shape index (κ1) is 17.4. The van der Waals surface area contributed by atoms with E-state index in [0.29, 0.717) is 18.0 Å². The van der Waals surface area contributed by atoms with E-state index in [4.69, 9.17) is 5.73 Å². The van der Waals surface area contributed by atoms with Crippen molar-refractivity contribution in [3.63, 3.8) is 0 Å². The van der Waals surface area contributed by atoms with Crippen molar-refractivity contribution in [2.45, 2.75) is 37.8 Å². The van der Waals surface area contributed by atoms with E-state index >= 15 is 0 Å². The summed E-state index contributed by atoms with van der Waals surface area (Å²) < 4.78 is 25.2. The maximum absolute atomic E-state index is 12.6. The molecule has 0 aromatic heterocycles. The molecule has 0 saturated carbocycles. The van der Waals surface area contributed by atoms with Crippen molar-refractivity contribution >= 4 is 10.0 Å². The Morgan fingerprint density at radius 2 is 2.05 bits per heavy atom. The minimum absolute atomic E-state index is 0.0269. The van der Waals surface area contributed by atoms with Crippen LogP contribution in [-0.4, -0.2) is 50.7 Å². The molecule has 1 aliphatic rings. The lowest BCUT2D eigenvalue weighted by atomic mass is 10.2. The van der Waals surface area contributed by atoms with Crippen LogP contribution in [0.2, 0.25) is 0 Å². The summed E-state index contributed by atoms with van der Waals surface area (Å²) in [4.78, 5) is 5.34. The molecule has 0 spiro atoms. The SMILES string of the molecule is Cc1ccccc1S(=O)(=O)NN1CCCN(CCCN)C1C. The molecule has 2 rings (SSSR count). The van der Waals surface area contributed by atoms with Crippen LogP contribution in [0.5, 0.6) is 0 Å². The van der Waals surface area contributed by atoms with Crippen LogP contribution in [-0.2, 0) is 10.0 Å². The highest BCUT2D eigenvalue weighted by atomic mass is 32.2. The van der Waals surface area contributed by atoms with Gasteiger partial charge in [-0.05, 0) is 44.9 Å². The van der Waals surface area contributed by atoms with E-state index in [0.717, 1.165) is 31.5 Å². The minimum atomic E-state index is -3.54. The minimum Gasteiger partial charge on any atom is -0.330 e. The van der Waals surface area contributed by atoms with Gasteiger partial charge in [-0.3, -0.25) is 4.90 Å². The summed E-state index contributed by atoms with van der Waals surface area (Å²) in [5.41, 5.74) is 6.32. The van der Waals surface area contributed by atoms with Gasteiger partial charge in [0.1, 0.15) is 0 Å². The van der Waals surface area contributed by atoms with Gasteiger partial charge in [-0.15, -0.1) is 4.83 Å². The van der Waals surface area contributed by atoms with Crippen LogP contribution in [0.15, 0.2) is 29.2 Å². The molecule has 124 valence electrons. The van der Waals surface area contributed by atoms with E-state index in [1.807, 2.05) is 31.0 Å². The quantitative estimate of drug-likeness (QED) is 0.812. The van der Waals surface area contributed by atoms with Crippen molar-refractivity contribution in [3.05, 3.63) is 29.8 Å². The maximum Gasteiger partial charge on any atom is 0.253 e. The predicted octanol–water partition coefficient (Wildman–Crippen LogP) is 0.891. The lowest BCUT2D eigenvalue weighted by Gasteiger charge is -2.41. The Labute approximate surface area is 133 Å². The second-order valence-corrected chi connectivity index (χ2v) is 7.35. The highest BCUT2D eigenvalue weighted by Crippen LogP contribution is 2.17. The first-order chi connectivity index (χ1) is 10.5. The zero-order valence-electron chi connectivity index (χ0n) is 13.3. The summed E-state index contributed by atoms with van der Waals surface area (Å²) in [6, 6.07) is 7.03. The Hall–Kier alpha value is -0.990. The molecule has 1 atom stereocenters. The second kappa shape index (κ2) is 7.52. The predicted molar refractivity (Wildman–Crippen MR) is 87.5 cm³/mol. The molecule has 6 nitrogen and oxygen atoms in total. The third-order valence-corrected chi connectivity index (χ3v) is 5.61. The van der Waals surface area contributed by atoms with E-state index in [2.05, 4.69) is 9.73 Å². The lowest BCUT2D eigenvalue weighted by molar-refractivity contribution is 0.0000844. The first-order valence-electron chi connectivity index (χ1n) is 7.74. The zero-order chi connectivity index (χ0) is 16.2. The monoisotopic (exact) mass is 326 g/mol. The molecule has 1 fully saturated rings. The summed E-state index contributed by atoms with van der Waals surface area (Å²) in [7, 11) is -3.54. The number of hydrazine groups is 1. The van der Waals surface area contributed by atoms with Crippen molar-refractivity contribution in [2.75, 3.05) is 26.2 Å². The van der Waals surface area contributed by atoms with E-state index in [1.165, 1.54) is 0 Å². The molecule has 0 bridgehead atoms. The Morgan fingerprint density at radius 3 is 2.73 bits per heavy atom. The molecule has 1 aromatic carbocycles. The molecule has 0 aliphatic carbocycles. The summed E-state index contributed by atoms with van der Waals surface area (Å²) in [5.74, 6) is 0. The van der Waals surface area contributed by atoms with Crippen molar-refractivity contribution < 1.29 is 8.42 Å². The van der Waals surface area contributed by atoms with E-state index in [9.17, 15) is 8.42 Å². The van der Waals surface area contributed by atoms with Gasteiger partial charge < -0.3 is 5.73 Å². The normalized spacial score (nSPS) is 21.1. The van der Waals surface area contributed by atoms with Crippen LogP contribution in [0.4, 0.5) is 0 Å². The van der Waals surface area contributed by atoms with Gasteiger partial charge in [0, 0.05) is 19.6 Å². The molecule has 1 aliphatic heterocycles. The van der Waals surface area contributed by atoms with E-state index in [-0.39, 0.29) is 6.17 Å². The number of rotatable bonds is 6. The summed E-state index contributed by atoms with van der Waals surface area (Å²) in [6.45, 7) is 7.06. The van der Waals surface area contributed by atoms with Crippen molar-refractivity contribution in [3.8, 4) is 0 Å². The largest absolute Gasteiger partial charge is 0.330 e. The molecular formula is C15H26N4O2S. The van der Waals surface area contributed by atoms with Crippen LogP contribution >= 0.6 is 0 Å². The van der Waals surface area contributed by atoms with Crippen LogP contribution < -0.4 is 10.6 Å². The van der Waals surface area contributed by atoms with Gasteiger partial charge in [0.15, 0.2) is 0 Å². The molecule has 7 heteroatoms. The third-order valence-electron chi connectivity index (χ3n) is 4.09. The smallest absolute Gasteiger partial charge is 0.253 e. The number of benzene rings is 1. The number of hydrogen-bond donors (Lipinski definition) is 2. The number of aryl methyl sites for hydroxylation is 1.